The number of hydrogen-bond donors (Lipinski definition) is 1. The molecule has 2 nitrogen and oxygen atoms in total. The number of allylic oxidation sites excluding steroid dienone is 1. The zero-order chi connectivity index (χ0) is 8.93. The van der Waals surface area contributed by atoms with E-state index in [9.17, 15) is 4.79 Å². The molecule has 0 amide bonds. The fourth-order valence-corrected chi connectivity index (χ4v) is 2.46. The van der Waals surface area contributed by atoms with Crippen molar-refractivity contribution >= 4 is 5.97 Å². The number of carboxylic acids is 1. The highest BCUT2D eigenvalue weighted by Crippen LogP contribution is 2.63. The van der Waals surface area contributed by atoms with Gasteiger partial charge in [-0.3, -0.25) is 0 Å². The van der Waals surface area contributed by atoms with Crippen LogP contribution in [0.4, 0.5) is 0 Å². The minimum Gasteiger partial charge on any atom is -0.478 e. The summed E-state index contributed by atoms with van der Waals surface area (Å²) in [5, 5.41) is 8.78. The Labute approximate surface area is 72.3 Å². The third-order valence-corrected chi connectivity index (χ3v) is 3.52. The van der Waals surface area contributed by atoms with Crippen molar-refractivity contribution in [3.8, 4) is 0 Å². The van der Waals surface area contributed by atoms with Crippen LogP contribution in [0.15, 0.2) is 11.6 Å². The molecule has 0 saturated heterocycles. The predicted molar refractivity (Wildman–Crippen MR) is 45.7 cm³/mol. The van der Waals surface area contributed by atoms with Gasteiger partial charge in [0.05, 0.1) is 0 Å². The Morgan fingerprint density at radius 1 is 1.67 bits per heavy atom. The van der Waals surface area contributed by atoms with Gasteiger partial charge in [-0.25, -0.2) is 4.79 Å². The van der Waals surface area contributed by atoms with Gasteiger partial charge in [0.15, 0.2) is 0 Å². The van der Waals surface area contributed by atoms with Crippen LogP contribution in [-0.2, 0) is 4.79 Å². The Kier molecular flexibility index (Phi) is 1.39. The van der Waals surface area contributed by atoms with Gasteiger partial charge >= 0.3 is 5.97 Å². The molecule has 0 aromatic carbocycles. The second-order valence-corrected chi connectivity index (χ2v) is 4.49. The molecule has 1 N–H and O–H groups in total. The highest BCUT2D eigenvalue weighted by molar-refractivity contribution is 5.87. The minimum atomic E-state index is -0.726. The van der Waals surface area contributed by atoms with Gasteiger partial charge in [0.25, 0.3) is 0 Å². The van der Waals surface area contributed by atoms with Crippen molar-refractivity contribution in [2.45, 2.75) is 26.7 Å². The lowest BCUT2D eigenvalue weighted by atomic mass is 10.00. The SMILES string of the molecule is CC1(C)[C@@H]2C=C(C(=O)O)CC[C@@H]21. The van der Waals surface area contributed by atoms with E-state index in [-0.39, 0.29) is 0 Å². The smallest absolute Gasteiger partial charge is 0.331 e. The summed E-state index contributed by atoms with van der Waals surface area (Å²) in [7, 11) is 0. The molecule has 2 atom stereocenters. The normalized spacial score (nSPS) is 36.7. The number of hydrogen-bond acceptors (Lipinski definition) is 1. The summed E-state index contributed by atoms with van der Waals surface area (Å²) < 4.78 is 0. The average Bonchev–Trinajstić information content (AvgIpc) is 2.55. The minimum absolute atomic E-state index is 0.372. The Bertz CT molecular complexity index is 263. The van der Waals surface area contributed by atoms with Crippen molar-refractivity contribution in [3.63, 3.8) is 0 Å². The highest BCUT2D eigenvalue weighted by Gasteiger charge is 2.57. The number of rotatable bonds is 1. The first-order valence-electron chi connectivity index (χ1n) is 4.47. The number of fused-ring (bicyclic) bond motifs is 1. The molecule has 1 saturated carbocycles. The lowest BCUT2D eigenvalue weighted by Crippen LogP contribution is -2.04. The summed E-state index contributed by atoms with van der Waals surface area (Å²) in [6, 6.07) is 0. The first-order chi connectivity index (χ1) is 5.53. The number of carbonyl (C=O) groups is 1. The van der Waals surface area contributed by atoms with E-state index in [4.69, 9.17) is 5.11 Å². The third kappa shape index (κ3) is 0.904. The van der Waals surface area contributed by atoms with Crippen LogP contribution in [0.1, 0.15) is 26.7 Å². The standard InChI is InChI=1S/C10H14O2/c1-10(2)7-4-3-6(9(11)12)5-8(7)10/h5,7-8H,3-4H2,1-2H3,(H,11,12)/t7-,8+/m0/s1. The Morgan fingerprint density at radius 2 is 2.33 bits per heavy atom. The summed E-state index contributed by atoms with van der Waals surface area (Å²) in [4.78, 5) is 10.7. The third-order valence-electron chi connectivity index (χ3n) is 3.52. The quantitative estimate of drug-likeness (QED) is 0.647. The van der Waals surface area contributed by atoms with Crippen LogP contribution in [0.25, 0.3) is 0 Å². The summed E-state index contributed by atoms with van der Waals surface area (Å²) in [5.74, 6) is 0.564. The molecule has 0 heterocycles. The van der Waals surface area contributed by atoms with E-state index in [1.165, 1.54) is 0 Å². The monoisotopic (exact) mass is 166 g/mol. The first kappa shape index (κ1) is 7.84. The molecular formula is C10H14O2. The van der Waals surface area contributed by atoms with Crippen LogP contribution in [0.5, 0.6) is 0 Å². The van der Waals surface area contributed by atoms with Gasteiger partial charge in [0.2, 0.25) is 0 Å². The molecule has 2 aliphatic rings. The van der Waals surface area contributed by atoms with Crippen molar-refractivity contribution < 1.29 is 9.90 Å². The maximum absolute atomic E-state index is 10.7. The van der Waals surface area contributed by atoms with Gasteiger partial charge in [-0.2, -0.15) is 0 Å². The zero-order valence-electron chi connectivity index (χ0n) is 7.50. The Hall–Kier alpha value is -0.790. The molecule has 0 aliphatic heterocycles. The van der Waals surface area contributed by atoms with Crippen LogP contribution in [0, 0.1) is 17.3 Å². The van der Waals surface area contributed by atoms with Crippen molar-refractivity contribution in [2.75, 3.05) is 0 Å². The van der Waals surface area contributed by atoms with Gasteiger partial charge in [0.1, 0.15) is 0 Å². The summed E-state index contributed by atoms with van der Waals surface area (Å²) in [6.45, 7) is 4.45. The fraction of sp³-hybridized carbons (Fsp3) is 0.700. The molecular weight excluding hydrogens is 152 g/mol. The molecule has 2 aliphatic carbocycles. The van der Waals surface area contributed by atoms with E-state index in [2.05, 4.69) is 13.8 Å². The van der Waals surface area contributed by atoms with Gasteiger partial charge in [-0.15, -0.1) is 0 Å². The molecule has 0 aromatic heterocycles. The summed E-state index contributed by atoms with van der Waals surface area (Å²) in [5.41, 5.74) is 0.999. The van der Waals surface area contributed by atoms with E-state index >= 15 is 0 Å². The number of aliphatic carboxylic acids is 1. The van der Waals surface area contributed by atoms with Gasteiger partial charge in [-0.05, 0) is 30.1 Å². The van der Waals surface area contributed by atoms with Crippen LogP contribution in [-0.4, -0.2) is 11.1 Å². The lowest BCUT2D eigenvalue weighted by Gasteiger charge is -2.06. The zero-order valence-corrected chi connectivity index (χ0v) is 7.50. The molecule has 12 heavy (non-hydrogen) atoms. The molecule has 66 valence electrons. The maximum atomic E-state index is 10.7. The molecule has 0 unspecified atom stereocenters. The van der Waals surface area contributed by atoms with Crippen molar-refractivity contribution in [1.29, 1.82) is 0 Å². The second-order valence-electron chi connectivity index (χ2n) is 4.49. The molecule has 0 aromatic rings. The van der Waals surface area contributed by atoms with E-state index in [1.807, 2.05) is 6.08 Å². The van der Waals surface area contributed by atoms with E-state index in [1.54, 1.807) is 0 Å². The van der Waals surface area contributed by atoms with Crippen LogP contribution in [0.2, 0.25) is 0 Å². The topological polar surface area (TPSA) is 37.3 Å². The first-order valence-corrected chi connectivity index (χ1v) is 4.47. The van der Waals surface area contributed by atoms with Crippen LogP contribution >= 0.6 is 0 Å². The van der Waals surface area contributed by atoms with Crippen molar-refractivity contribution in [3.05, 3.63) is 11.6 Å². The van der Waals surface area contributed by atoms with E-state index < -0.39 is 5.97 Å². The largest absolute Gasteiger partial charge is 0.478 e. The Morgan fingerprint density at radius 3 is 2.83 bits per heavy atom. The van der Waals surface area contributed by atoms with Gasteiger partial charge < -0.3 is 5.11 Å². The van der Waals surface area contributed by atoms with E-state index in [0.29, 0.717) is 16.9 Å². The maximum Gasteiger partial charge on any atom is 0.331 e. The van der Waals surface area contributed by atoms with Gasteiger partial charge in [0, 0.05) is 5.57 Å². The summed E-state index contributed by atoms with van der Waals surface area (Å²) >= 11 is 0. The van der Waals surface area contributed by atoms with Crippen molar-refractivity contribution in [1.82, 2.24) is 0 Å². The second kappa shape index (κ2) is 2.12. The molecule has 2 heteroatoms. The molecule has 1 fully saturated rings. The highest BCUT2D eigenvalue weighted by atomic mass is 16.4. The molecule has 2 rings (SSSR count). The lowest BCUT2D eigenvalue weighted by molar-refractivity contribution is -0.132. The molecule has 0 radical (unpaired) electrons. The predicted octanol–water partition coefficient (Wildman–Crippen LogP) is 2.06. The fourth-order valence-electron chi connectivity index (χ4n) is 2.46. The van der Waals surface area contributed by atoms with Crippen LogP contribution in [0.3, 0.4) is 0 Å². The van der Waals surface area contributed by atoms with Crippen molar-refractivity contribution in [2.24, 2.45) is 17.3 Å². The molecule has 0 bridgehead atoms. The van der Waals surface area contributed by atoms with Gasteiger partial charge in [-0.1, -0.05) is 19.9 Å². The Balaban J connectivity index is 2.19. The van der Waals surface area contributed by atoms with E-state index in [0.717, 1.165) is 18.8 Å². The molecule has 0 spiro atoms. The number of carboxylic acid groups (broad SMARTS) is 1. The average molecular weight is 166 g/mol. The summed E-state index contributed by atoms with van der Waals surface area (Å²) in [6.07, 6.45) is 3.80. The van der Waals surface area contributed by atoms with Crippen LogP contribution < -0.4 is 0 Å².